The summed E-state index contributed by atoms with van der Waals surface area (Å²) >= 11 is 0. The van der Waals surface area contributed by atoms with E-state index < -0.39 is 35.9 Å². The Hall–Kier alpha value is -2.87. The molecular formula is C31H47NO6. The number of aliphatic hydroxyl groups excluding tert-OH is 2. The van der Waals surface area contributed by atoms with Crippen molar-refractivity contribution in [1.29, 1.82) is 0 Å². The van der Waals surface area contributed by atoms with E-state index in [1.165, 1.54) is 0 Å². The van der Waals surface area contributed by atoms with Gasteiger partial charge in [-0.3, -0.25) is 5.32 Å². The van der Waals surface area contributed by atoms with Gasteiger partial charge in [-0.05, 0) is 31.4 Å². The summed E-state index contributed by atoms with van der Waals surface area (Å²) in [5.74, 6) is -1.08. The summed E-state index contributed by atoms with van der Waals surface area (Å²) in [4.78, 5) is 11.4. The molecule has 0 aliphatic rings. The van der Waals surface area contributed by atoms with Crippen molar-refractivity contribution < 1.29 is 30.0 Å². The highest BCUT2D eigenvalue weighted by molar-refractivity contribution is 5.65. The first-order chi connectivity index (χ1) is 17.8. The SMILES string of the molecule is C=CC=CC(C)C(O)(NC(=O)O)C(C)C(O)C(C)CC(C)=CC(C)C(O)C(C)C=CCOc1ccccc1. The van der Waals surface area contributed by atoms with Crippen LogP contribution in [-0.4, -0.2) is 51.1 Å². The second-order valence-electron chi connectivity index (χ2n) is 10.4. The number of ether oxygens (including phenoxy) is 1. The van der Waals surface area contributed by atoms with Crippen LogP contribution in [0.2, 0.25) is 0 Å². The molecule has 8 atom stereocenters. The molecule has 0 aliphatic heterocycles. The largest absolute Gasteiger partial charge is 0.490 e. The third-order valence-corrected chi connectivity index (χ3v) is 7.12. The van der Waals surface area contributed by atoms with Gasteiger partial charge < -0.3 is 25.2 Å². The van der Waals surface area contributed by atoms with E-state index in [-0.39, 0.29) is 17.8 Å². The Balaban J connectivity index is 2.77. The molecule has 0 aromatic heterocycles. The quantitative estimate of drug-likeness (QED) is 0.109. The number of carbonyl (C=O) groups is 1. The molecule has 1 aromatic rings. The smallest absolute Gasteiger partial charge is 0.406 e. The van der Waals surface area contributed by atoms with Crippen LogP contribution >= 0.6 is 0 Å². The zero-order valence-electron chi connectivity index (χ0n) is 23.6. The molecule has 0 bridgehead atoms. The molecule has 0 saturated heterocycles. The number of allylic oxidation sites excluding steroid dienone is 3. The van der Waals surface area contributed by atoms with E-state index in [4.69, 9.17) is 4.74 Å². The predicted octanol–water partition coefficient (Wildman–Crippen LogP) is 5.56. The molecule has 1 aromatic carbocycles. The maximum absolute atomic E-state index is 11.4. The Morgan fingerprint density at radius 3 is 2.26 bits per heavy atom. The summed E-state index contributed by atoms with van der Waals surface area (Å²) in [6.07, 6.45) is 8.25. The van der Waals surface area contributed by atoms with E-state index in [0.29, 0.717) is 13.0 Å². The lowest BCUT2D eigenvalue weighted by Gasteiger charge is -2.41. The standard InChI is InChI=1S/C31H47NO6/c1-8-9-15-25(6)31(37,32-30(35)36)26(7)29(34)24(5)20-21(2)19-23(4)28(33)22(3)14-13-18-38-27-16-11-10-12-17-27/h8-17,19,22-26,28-29,32-34,37H,1,18,20H2,2-7H3,(H,35,36). The normalized spacial score (nSPS) is 19.7. The lowest BCUT2D eigenvalue weighted by Crippen LogP contribution is -2.60. The maximum Gasteiger partial charge on any atom is 0.406 e. The average molecular weight is 530 g/mol. The molecule has 0 radical (unpaired) electrons. The van der Waals surface area contributed by atoms with Crippen LogP contribution in [0, 0.1) is 29.6 Å². The molecule has 0 spiro atoms. The second kappa shape index (κ2) is 16.2. The van der Waals surface area contributed by atoms with Gasteiger partial charge in [0, 0.05) is 23.7 Å². The van der Waals surface area contributed by atoms with Gasteiger partial charge in [0.2, 0.25) is 0 Å². The van der Waals surface area contributed by atoms with E-state index in [2.05, 4.69) is 11.9 Å². The maximum atomic E-state index is 11.4. The fourth-order valence-corrected chi connectivity index (χ4v) is 4.73. The Morgan fingerprint density at radius 1 is 1.05 bits per heavy atom. The van der Waals surface area contributed by atoms with E-state index in [1.54, 1.807) is 32.1 Å². The summed E-state index contributed by atoms with van der Waals surface area (Å²) in [5, 5.41) is 44.6. The summed E-state index contributed by atoms with van der Waals surface area (Å²) in [6, 6.07) is 9.55. The van der Waals surface area contributed by atoms with E-state index in [9.17, 15) is 25.2 Å². The van der Waals surface area contributed by atoms with Crippen molar-refractivity contribution in [3.05, 3.63) is 78.9 Å². The van der Waals surface area contributed by atoms with Crippen molar-refractivity contribution in [2.45, 2.75) is 65.9 Å². The van der Waals surface area contributed by atoms with Gasteiger partial charge in [0.15, 0.2) is 5.72 Å². The van der Waals surface area contributed by atoms with Crippen LogP contribution in [0.1, 0.15) is 48.0 Å². The summed E-state index contributed by atoms with van der Waals surface area (Å²) in [7, 11) is 0. The van der Waals surface area contributed by atoms with Crippen molar-refractivity contribution in [3.8, 4) is 5.75 Å². The summed E-state index contributed by atoms with van der Waals surface area (Å²) in [6.45, 7) is 15.1. The first kappa shape index (κ1) is 33.2. The molecule has 1 rings (SSSR count). The van der Waals surface area contributed by atoms with Gasteiger partial charge in [-0.25, -0.2) is 4.79 Å². The van der Waals surface area contributed by atoms with Gasteiger partial charge in [0.1, 0.15) is 12.4 Å². The van der Waals surface area contributed by atoms with Crippen LogP contribution in [-0.2, 0) is 0 Å². The fourth-order valence-electron chi connectivity index (χ4n) is 4.73. The Morgan fingerprint density at radius 2 is 1.68 bits per heavy atom. The number of para-hydroxylation sites is 1. The van der Waals surface area contributed by atoms with Crippen molar-refractivity contribution in [1.82, 2.24) is 5.32 Å². The van der Waals surface area contributed by atoms with Gasteiger partial charge in [-0.2, -0.15) is 0 Å². The third kappa shape index (κ3) is 10.5. The molecule has 38 heavy (non-hydrogen) atoms. The minimum atomic E-state index is -1.87. The van der Waals surface area contributed by atoms with E-state index in [1.807, 2.05) is 76.3 Å². The van der Waals surface area contributed by atoms with Crippen molar-refractivity contribution in [3.63, 3.8) is 0 Å². The zero-order chi connectivity index (χ0) is 28.9. The van der Waals surface area contributed by atoms with Crippen LogP contribution in [0.3, 0.4) is 0 Å². The highest BCUT2D eigenvalue weighted by Gasteiger charge is 2.44. The van der Waals surface area contributed by atoms with Gasteiger partial charge in [-0.1, -0.05) is 101 Å². The first-order valence-corrected chi connectivity index (χ1v) is 13.2. The Bertz CT molecular complexity index is 943. The number of aliphatic hydroxyl groups is 3. The molecule has 0 aliphatic carbocycles. The molecule has 0 saturated carbocycles. The van der Waals surface area contributed by atoms with Crippen LogP contribution in [0.5, 0.6) is 5.75 Å². The van der Waals surface area contributed by atoms with Crippen LogP contribution in [0.25, 0.3) is 0 Å². The molecule has 1 amide bonds. The number of nitrogens with one attached hydrogen (secondary N) is 1. The number of hydrogen-bond donors (Lipinski definition) is 5. The highest BCUT2D eigenvalue weighted by atomic mass is 16.5. The van der Waals surface area contributed by atoms with Gasteiger partial charge >= 0.3 is 6.09 Å². The molecule has 7 heteroatoms. The molecule has 212 valence electrons. The number of rotatable bonds is 16. The lowest BCUT2D eigenvalue weighted by atomic mass is 9.77. The summed E-state index contributed by atoms with van der Waals surface area (Å²) < 4.78 is 5.66. The minimum absolute atomic E-state index is 0.0846. The number of hydrogen-bond acceptors (Lipinski definition) is 5. The minimum Gasteiger partial charge on any atom is -0.490 e. The van der Waals surface area contributed by atoms with Crippen LogP contribution in [0.4, 0.5) is 4.79 Å². The average Bonchev–Trinajstić information content (AvgIpc) is 2.87. The zero-order valence-corrected chi connectivity index (χ0v) is 23.6. The third-order valence-electron chi connectivity index (χ3n) is 7.12. The van der Waals surface area contributed by atoms with Crippen molar-refractivity contribution >= 4 is 6.09 Å². The van der Waals surface area contributed by atoms with E-state index in [0.717, 1.165) is 11.3 Å². The predicted molar refractivity (Wildman–Crippen MR) is 153 cm³/mol. The van der Waals surface area contributed by atoms with Gasteiger partial charge in [0.25, 0.3) is 0 Å². The second-order valence-corrected chi connectivity index (χ2v) is 10.4. The van der Waals surface area contributed by atoms with Crippen molar-refractivity contribution in [2.24, 2.45) is 29.6 Å². The molecule has 7 nitrogen and oxygen atoms in total. The van der Waals surface area contributed by atoms with Crippen molar-refractivity contribution in [2.75, 3.05) is 6.61 Å². The Labute approximate surface area is 228 Å². The monoisotopic (exact) mass is 529 g/mol. The number of benzene rings is 1. The summed E-state index contributed by atoms with van der Waals surface area (Å²) in [5.41, 5.74) is -0.875. The van der Waals surface area contributed by atoms with Crippen LogP contribution < -0.4 is 10.1 Å². The van der Waals surface area contributed by atoms with Crippen LogP contribution in [0.15, 0.2) is 78.9 Å². The fraction of sp³-hybridized carbons (Fsp3) is 0.516. The molecular weight excluding hydrogens is 482 g/mol. The molecule has 0 fully saturated rings. The van der Waals surface area contributed by atoms with Gasteiger partial charge in [-0.15, -0.1) is 0 Å². The topological polar surface area (TPSA) is 119 Å². The molecule has 0 heterocycles. The first-order valence-electron chi connectivity index (χ1n) is 13.2. The van der Waals surface area contributed by atoms with Gasteiger partial charge in [0.05, 0.1) is 12.2 Å². The lowest BCUT2D eigenvalue weighted by molar-refractivity contribution is -0.116. The highest BCUT2D eigenvalue weighted by Crippen LogP contribution is 2.32. The number of carboxylic acid groups (broad SMARTS) is 1. The number of amides is 1. The molecule has 5 N–H and O–H groups in total. The van der Waals surface area contributed by atoms with E-state index >= 15 is 0 Å². The Kier molecular flexibility index (Phi) is 14.1. The molecule has 8 unspecified atom stereocenters.